The van der Waals surface area contributed by atoms with Crippen LogP contribution in [0.15, 0.2) is 5.16 Å². The summed E-state index contributed by atoms with van der Waals surface area (Å²) in [5.74, 6) is 0.946. The van der Waals surface area contributed by atoms with Crippen molar-refractivity contribution in [3.8, 4) is 0 Å². The minimum Gasteiger partial charge on any atom is -0.477 e. The summed E-state index contributed by atoms with van der Waals surface area (Å²) < 4.78 is 15.5. The van der Waals surface area contributed by atoms with Gasteiger partial charge >= 0.3 is 5.97 Å². The third-order valence-corrected chi connectivity index (χ3v) is 3.55. The molecule has 0 saturated carbocycles. The van der Waals surface area contributed by atoms with Crippen LogP contribution in [0.5, 0.6) is 0 Å². The van der Waals surface area contributed by atoms with Gasteiger partial charge in [0.1, 0.15) is 12.7 Å². The van der Waals surface area contributed by atoms with E-state index in [0.717, 1.165) is 13.3 Å². The molecule has 0 spiro atoms. The molecule has 0 aromatic rings. The number of carboxylic acids is 1. The summed E-state index contributed by atoms with van der Waals surface area (Å²) in [6, 6.07) is -0.916. The van der Waals surface area contributed by atoms with Gasteiger partial charge in [-0.1, -0.05) is 5.16 Å². The molecule has 1 aliphatic rings. The SMILES string of the molecule is COC1(C(=O)O)CC(O)C(NC(C)=O)C(/C=N/OCCOCCON)O1. The van der Waals surface area contributed by atoms with E-state index in [-0.39, 0.29) is 26.2 Å². The lowest BCUT2D eigenvalue weighted by atomic mass is 9.93. The van der Waals surface area contributed by atoms with Gasteiger partial charge in [-0.05, 0) is 0 Å². The van der Waals surface area contributed by atoms with Gasteiger partial charge in [0, 0.05) is 20.5 Å². The van der Waals surface area contributed by atoms with Crippen LogP contribution in [0.4, 0.5) is 0 Å². The number of ether oxygens (including phenoxy) is 3. The van der Waals surface area contributed by atoms with Gasteiger partial charge in [-0.25, -0.2) is 10.7 Å². The van der Waals surface area contributed by atoms with Gasteiger partial charge in [0.2, 0.25) is 5.91 Å². The first-order valence-corrected chi connectivity index (χ1v) is 7.82. The lowest BCUT2D eigenvalue weighted by Gasteiger charge is -2.42. The molecule has 5 N–H and O–H groups in total. The molecule has 4 unspecified atom stereocenters. The van der Waals surface area contributed by atoms with E-state index in [4.69, 9.17) is 24.9 Å². The molecule has 12 heteroatoms. The zero-order valence-electron chi connectivity index (χ0n) is 14.6. The minimum absolute atomic E-state index is 0.107. The number of aliphatic hydroxyl groups is 1. The Morgan fingerprint density at radius 1 is 1.38 bits per heavy atom. The highest BCUT2D eigenvalue weighted by Crippen LogP contribution is 2.30. The van der Waals surface area contributed by atoms with Gasteiger partial charge in [-0.15, -0.1) is 0 Å². The standard InChI is InChI=1S/C14H25N3O9/c1-9(18)17-12-10(19)7-14(22-2,13(20)21)26-11(12)8-16-25-6-4-23-3-5-24-15/h8,10-12,19H,3-7,15H2,1-2H3,(H,17,18)(H,20,21)/b16-8+. The Morgan fingerprint density at radius 3 is 2.65 bits per heavy atom. The molecular formula is C14H25N3O9. The number of nitrogens with two attached hydrogens (primary N) is 1. The van der Waals surface area contributed by atoms with Crippen molar-refractivity contribution < 1.29 is 43.7 Å². The summed E-state index contributed by atoms with van der Waals surface area (Å²) in [6.07, 6.45) is -1.56. The molecule has 0 aliphatic carbocycles. The van der Waals surface area contributed by atoms with Crippen molar-refractivity contribution in [2.24, 2.45) is 11.1 Å². The van der Waals surface area contributed by atoms with E-state index in [9.17, 15) is 19.8 Å². The number of amides is 1. The molecule has 1 amide bonds. The fraction of sp³-hybridized carbons (Fsp3) is 0.786. The maximum absolute atomic E-state index is 11.5. The molecule has 0 bridgehead atoms. The van der Waals surface area contributed by atoms with Gasteiger partial charge in [-0.2, -0.15) is 0 Å². The summed E-state index contributed by atoms with van der Waals surface area (Å²) in [4.78, 5) is 32.1. The quantitative estimate of drug-likeness (QED) is 0.178. The first-order valence-electron chi connectivity index (χ1n) is 7.82. The van der Waals surface area contributed by atoms with Crippen molar-refractivity contribution in [3.63, 3.8) is 0 Å². The normalized spacial score (nSPS) is 28.8. The number of aliphatic hydroxyl groups excluding tert-OH is 1. The largest absolute Gasteiger partial charge is 0.477 e. The van der Waals surface area contributed by atoms with Crippen molar-refractivity contribution >= 4 is 18.1 Å². The van der Waals surface area contributed by atoms with Crippen molar-refractivity contribution in [3.05, 3.63) is 0 Å². The number of carboxylic acid groups (broad SMARTS) is 1. The van der Waals surface area contributed by atoms with Crippen LogP contribution in [0.25, 0.3) is 0 Å². The topological polar surface area (TPSA) is 171 Å². The highest BCUT2D eigenvalue weighted by Gasteiger charge is 2.52. The lowest BCUT2D eigenvalue weighted by molar-refractivity contribution is -0.275. The van der Waals surface area contributed by atoms with E-state index in [1.807, 2.05) is 0 Å². The van der Waals surface area contributed by atoms with E-state index in [2.05, 4.69) is 15.3 Å². The van der Waals surface area contributed by atoms with Gasteiger partial charge in [0.15, 0.2) is 0 Å². The zero-order chi connectivity index (χ0) is 19.6. The number of hydrogen-bond acceptors (Lipinski definition) is 10. The molecule has 1 saturated heterocycles. The molecule has 1 aliphatic heterocycles. The van der Waals surface area contributed by atoms with Crippen LogP contribution in [0.1, 0.15) is 13.3 Å². The van der Waals surface area contributed by atoms with E-state index in [1.54, 1.807) is 0 Å². The van der Waals surface area contributed by atoms with E-state index >= 15 is 0 Å². The predicted octanol–water partition coefficient (Wildman–Crippen LogP) is -2.02. The first kappa shape index (κ1) is 22.2. The Balaban J connectivity index is 2.68. The average Bonchev–Trinajstić information content (AvgIpc) is 2.59. The van der Waals surface area contributed by atoms with Crippen LogP contribution in [0.3, 0.4) is 0 Å². The Labute approximate surface area is 150 Å². The minimum atomic E-state index is -2.06. The van der Waals surface area contributed by atoms with Crippen LogP contribution in [-0.2, 0) is 33.5 Å². The van der Waals surface area contributed by atoms with Crippen LogP contribution >= 0.6 is 0 Å². The van der Waals surface area contributed by atoms with E-state index in [0.29, 0.717) is 6.61 Å². The summed E-state index contributed by atoms with van der Waals surface area (Å²) in [5, 5.41) is 25.8. The van der Waals surface area contributed by atoms with Gasteiger partial charge in [0.05, 0.1) is 38.2 Å². The summed E-state index contributed by atoms with van der Waals surface area (Å²) in [7, 11) is 1.15. The predicted molar refractivity (Wildman–Crippen MR) is 85.9 cm³/mol. The number of rotatable bonds is 11. The second-order valence-corrected chi connectivity index (χ2v) is 5.41. The Bertz CT molecular complexity index is 490. The fourth-order valence-corrected chi connectivity index (χ4v) is 2.32. The maximum Gasteiger partial charge on any atom is 0.364 e. The third kappa shape index (κ3) is 6.48. The highest BCUT2D eigenvalue weighted by atomic mass is 16.7. The van der Waals surface area contributed by atoms with Crippen molar-refractivity contribution in [2.45, 2.75) is 37.4 Å². The highest BCUT2D eigenvalue weighted by molar-refractivity contribution is 5.78. The Morgan fingerprint density at radius 2 is 2.08 bits per heavy atom. The van der Waals surface area contributed by atoms with Crippen molar-refractivity contribution in [2.75, 3.05) is 33.5 Å². The van der Waals surface area contributed by atoms with Crippen LogP contribution in [0, 0.1) is 0 Å². The zero-order valence-corrected chi connectivity index (χ0v) is 14.6. The van der Waals surface area contributed by atoms with E-state index in [1.165, 1.54) is 6.92 Å². The maximum atomic E-state index is 11.5. The van der Waals surface area contributed by atoms with Crippen LogP contribution < -0.4 is 11.2 Å². The third-order valence-electron chi connectivity index (χ3n) is 3.55. The van der Waals surface area contributed by atoms with Gasteiger partial charge in [-0.3, -0.25) is 4.79 Å². The summed E-state index contributed by atoms with van der Waals surface area (Å²) >= 11 is 0. The van der Waals surface area contributed by atoms with E-state index < -0.39 is 35.9 Å². The molecule has 1 rings (SSSR count). The number of nitrogens with zero attached hydrogens (tertiary/aromatic N) is 1. The van der Waals surface area contributed by atoms with Crippen LogP contribution in [0.2, 0.25) is 0 Å². The molecule has 1 fully saturated rings. The Kier molecular flexibility index (Phi) is 9.40. The number of aliphatic carboxylic acids is 1. The summed E-state index contributed by atoms with van der Waals surface area (Å²) in [5.41, 5.74) is 0. The molecule has 1 heterocycles. The average molecular weight is 379 g/mol. The molecule has 26 heavy (non-hydrogen) atoms. The number of methoxy groups -OCH3 is 1. The van der Waals surface area contributed by atoms with Gasteiger partial charge in [0.25, 0.3) is 5.79 Å². The molecular weight excluding hydrogens is 354 g/mol. The number of carbonyl (C=O) groups excluding carboxylic acids is 1. The number of nitrogens with one attached hydrogen (secondary N) is 1. The second-order valence-electron chi connectivity index (χ2n) is 5.41. The Hall–Kier alpha value is -1.83. The molecule has 12 nitrogen and oxygen atoms in total. The first-order chi connectivity index (χ1) is 12.4. The lowest BCUT2D eigenvalue weighted by Crippen LogP contribution is -2.64. The molecule has 0 radical (unpaired) electrons. The van der Waals surface area contributed by atoms with Crippen molar-refractivity contribution in [1.29, 1.82) is 0 Å². The second kappa shape index (κ2) is 11.0. The van der Waals surface area contributed by atoms with Gasteiger partial charge < -0.3 is 39.4 Å². The molecule has 0 aromatic heterocycles. The number of oxime groups is 1. The van der Waals surface area contributed by atoms with Crippen molar-refractivity contribution in [1.82, 2.24) is 5.32 Å². The monoisotopic (exact) mass is 379 g/mol. The molecule has 4 atom stereocenters. The smallest absolute Gasteiger partial charge is 0.364 e. The fourth-order valence-electron chi connectivity index (χ4n) is 2.32. The molecule has 0 aromatic carbocycles. The summed E-state index contributed by atoms with van der Waals surface area (Å²) in [6.45, 7) is 2.12. The van der Waals surface area contributed by atoms with Crippen LogP contribution in [-0.4, -0.2) is 85.9 Å². The molecule has 150 valence electrons. The number of carbonyl (C=O) groups is 2. The number of hydrogen-bond donors (Lipinski definition) is 4.